The van der Waals surface area contributed by atoms with E-state index in [1.54, 1.807) is 11.1 Å². The van der Waals surface area contributed by atoms with E-state index in [2.05, 4.69) is 31.2 Å². The van der Waals surface area contributed by atoms with Crippen LogP contribution in [0.1, 0.15) is 30.9 Å². The van der Waals surface area contributed by atoms with Crippen molar-refractivity contribution in [3.63, 3.8) is 0 Å². The van der Waals surface area contributed by atoms with Crippen molar-refractivity contribution >= 4 is 0 Å². The molecule has 2 atom stereocenters. The standard InChI is InChI=1S/C12H14/c1-12-7-6-10(12)8-9-4-2-3-5-11(9)12/h2-5,10H,6-8H2,1H3. The Bertz CT molecular complexity index is 327. The summed E-state index contributed by atoms with van der Waals surface area (Å²) in [5.41, 5.74) is 3.82. The predicted molar refractivity (Wildman–Crippen MR) is 50.2 cm³/mol. The topological polar surface area (TPSA) is 0 Å². The zero-order valence-electron chi connectivity index (χ0n) is 7.51. The van der Waals surface area contributed by atoms with Crippen molar-refractivity contribution in [2.24, 2.45) is 5.92 Å². The van der Waals surface area contributed by atoms with E-state index >= 15 is 0 Å². The van der Waals surface area contributed by atoms with Gasteiger partial charge in [0.2, 0.25) is 0 Å². The van der Waals surface area contributed by atoms with Crippen molar-refractivity contribution in [3.8, 4) is 0 Å². The lowest BCUT2D eigenvalue weighted by molar-refractivity contribution is 0.164. The van der Waals surface area contributed by atoms with Crippen molar-refractivity contribution in [1.82, 2.24) is 0 Å². The number of hydrogen-bond donors (Lipinski definition) is 0. The van der Waals surface area contributed by atoms with E-state index in [1.807, 2.05) is 0 Å². The normalized spacial score (nSPS) is 36.9. The van der Waals surface area contributed by atoms with E-state index in [1.165, 1.54) is 19.3 Å². The molecule has 1 fully saturated rings. The molecule has 0 nitrogen and oxygen atoms in total. The third-order valence-corrected chi connectivity index (χ3v) is 4.01. The second-order valence-electron chi connectivity index (χ2n) is 4.51. The van der Waals surface area contributed by atoms with Crippen LogP contribution in [0.5, 0.6) is 0 Å². The Kier molecular flexibility index (Phi) is 1.08. The van der Waals surface area contributed by atoms with Crippen LogP contribution < -0.4 is 0 Å². The lowest BCUT2D eigenvalue weighted by Gasteiger charge is -2.42. The number of benzene rings is 1. The molecule has 0 amide bonds. The van der Waals surface area contributed by atoms with Gasteiger partial charge in [-0.1, -0.05) is 31.2 Å². The molecule has 2 aliphatic rings. The van der Waals surface area contributed by atoms with Crippen LogP contribution in [0.25, 0.3) is 0 Å². The lowest BCUT2D eigenvalue weighted by atomic mass is 9.61. The first-order valence-electron chi connectivity index (χ1n) is 4.89. The largest absolute Gasteiger partial charge is 0.0620 e. The van der Waals surface area contributed by atoms with Crippen molar-refractivity contribution in [2.45, 2.75) is 31.6 Å². The molecule has 0 aliphatic heterocycles. The molecule has 0 spiro atoms. The first-order chi connectivity index (χ1) is 5.81. The van der Waals surface area contributed by atoms with Crippen molar-refractivity contribution in [3.05, 3.63) is 35.4 Å². The second kappa shape index (κ2) is 1.93. The van der Waals surface area contributed by atoms with E-state index in [4.69, 9.17) is 0 Å². The van der Waals surface area contributed by atoms with Gasteiger partial charge in [0.1, 0.15) is 0 Å². The molecular formula is C12H14. The van der Waals surface area contributed by atoms with Crippen LogP contribution in [0.3, 0.4) is 0 Å². The van der Waals surface area contributed by atoms with E-state index in [-0.39, 0.29) is 0 Å². The summed E-state index contributed by atoms with van der Waals surface area (Å²) >= 11 is 0. The molecule has 1 saturated carbocycles. The van der Waals surface area contributed by atoms with Gasteiger partial charge in [-0.25, -0.2) is 0 Å². The summed E-state index contributed by atoms with van der Waals surface area (Å²) in [5, 5.41) is 0. The molecule has 62 valence electrons. The summed E-state index contributed by atoms with van der Waals surface area (Å²) in [7, 11) is 0. The monoisotopic (exact) mass is 158 g/mol. The van der Waals surface area contributed by atoms with Gasteiger partial charge in [-0.15, -0.1) is 0 Å². The third kappa shape index (κ3) is 0.600. The van der Waals surface area contributed by atoms with Gasteiger partial charge in [0.05, 0.1) is 0 Å². The minimum Gasteiger partial charge on any atom is -0.0620 e. The van der Waals surface area contributed by atoms with Gasteiger partial charge in [-0.05, 0) is 41.7 Å². The molecule has 0 heterocycles. The van der Waals surface area contributed by atoms with Crippen LogP contribution in [0.2, 0.25) is 0 Å². The van der Waals surface area contributed by atoms with Gasteiger partial charge in [-0.3, -0.25) is 0 Å². The molecular weight excluding hydrogens is 144 g/mol. The van der Waals surface area contributed by atoms with Crippen LogP contribution >= 0.6 is 0 Å². The van der Waals surface area contributed by atoms with Crippen LogP contribution in [-0.4, -0.2) is 0 Å². The molecule has 3 rings (SSSR count). The molecule has 12 heavy (non-hydrogen) atoms. The maximum Gasteiger partial charge on any atom is -0.00410 e. The Labute approximate surface area is 73.6 Å². The molecule has 1 aromatic rings. The Morgan fingerprint density at radius 2 is 2.17 bits per heavy atom. The number of hydrogen-bond acceptors (Lipinski definition) is 0. The number of fused-ring (bicyclic) bond motifs is 3. The van der Waals surface area contributed by atoms with Crippen LogP contribution in [0, 0.1) is 5.92 Å². The van der Waals surface area contributed by atoms with Crippen LogP contribution in [0.4, 0.5) is 0 Å². The molecule has 0 saturated heterocycles. The van der Waals surface area contributed by atoms with Crippen molar-refractivity contribution in [1.29, 1.82) is 0 Å². The average Bonchev–Trinajstić information content (AvgIpc) is 2.28. The lowest BCUT2D eigenvalue weighted by Crippen LogP contribution is -2.37. The van der Waals surface area contributed by atoms with Crippen molar-refractivity contribution in [2.75, 3.05) is 0 Å². The van der Waals surface area contributed by atoms with Gasteiger partial charge in [-0.2, -0.15) is 0 Å². The summed E-state index contributed by atoms with van der Waals surface area (Å²) in [6.07, 6.45) is 4.20. The first kappa shape index (κ1) is 6.71. The van der Waals surface area contributed by atoms with Crippen LogP contribution in [-0.2, 0) is 11.8 Å². The number of rotatable bonds is 0. The van der Waals surface area contributed by atoms with Gasteiger partial charge in [0, 0.05) is 0 Å². The molecule has 0 radical (unpaired) electrons. The Hall–Kier alpha value is -0.780. The van der Waals surface area contributed by atoms with Gasteiger partial charge >= 0.3 is 0 Å². The molecule has 1 aromatic carbocycles. The van der Waals surface area contributed by atoms with E-state index in [0.29, 0.717) is 5.41 Å². The van der Waals surface area contributed by atoms with Crippen LogP contribution in [0.15, 0.2) is 24.3 Å². The van der Waals surface area contributed by atoms with E-state index in [9.17, 15) is 0 Å². The summed E-state index contributed by atoms with van der Waals surface area (Å²) in [6.45, 7) is 2.44. The SMILES string of the molecule is CC12CCC1Cc1ccccc12. The molecule has 0 heteroatoms. The smallest absolute Gasteiger partial charge is 0.00410 e. The molecule has 2 unspecified atom stereocenters. The maximum atomic E-state index is 2.44. The van der Waals surface area contributed by atoms with E-state index < -0.39 is 0 Å². The second-order valence-corrected chi connectivity index (χ2v) is 4.51. The zero-order valence-corrected chi connectivity index (χ0v) is 7.51. The fourth-order valence-corrected chi connectivity index (χ4v) is 2.98. The van der Waals surface area contributed by atoms with Gasteiger partial charge in [0.25, 0.3) is 0 Å². The highest BCUT2D eigenvalue weighted by Crippen LogP contribution is 2.55. The highest BCUT2D eigenvalue weighted by molar-refractivity contribution is 5.42. The molecule has 0 aromatic heterocycles. The summed E-state index contributed by atoms with van der Waals surface area (Å²) < 4.78 is 0. The summed E-state index contributed by atoms with van der Waals surface area (Å²) in [4.78, 5) is 0. The minimum absolute atomic E-state index is 0.566. The fourth-order valence-electron chi connectivity index (χ4n) is 2.98. The highest BCUT2D eigenvalue weighted by Gasteiger charge is 2.48. The predicted octanol–water partition coefficient (Wildman–Crippen LogP) is 2.91. The van der Waals surface area contributed by atoms with Gasteiger partial charge < -0.3 is 0 Å². The highest BCUT2D eigenvalue weighted by atomic mass is 14.5. The quantitative estimate of drug-likeness (QED) is 0.544. The molecule has 2 aliphatic carbocycles. The van der Waals surface area contributed by atoms with Gasteiger partial charge in [0.15, 0.2) is 0 Å². The first-order valence-corrected chi connectivity index (χ1v) is 4.89. The van der Waals surface area contributed by atoms with E-state index in [0.717, 1.165) is 5.92 Å². The minimum atomic E-state index is 0.566. The third-order valence-electron chi connectivity index (χ3n) is 4.01. The van der Waals surface area contributed by atoms with Crippen molar-refractivity contribution < 1.29 is 0 Å². The Balaban J connectivity index is 2.19. The molecule has 0 bridgehead atoms. The average molecular weight is 158 g/mol. The zero-order chi connectivity index (χ0) is 8.18. The maximum absolute atomic E-state index is 2.44. The Morgan fingerprint density at radius 3 is 2.92 bits per heavy atom. The Morgan fingerprint density at radius 1 is 1.33 bits per heavy atom. The summed E-state index contributed by atoms with van der Waals surface area (Å²) in [6, 6.07) is 8.99. The summed E-state index contributed by atoms with van der Waals surface area (Å²) in [5.74, 6) is 0.967. The molecule has 0 N–H and O–H groups in total. The fraction of sp³-hybridized carbons (Fsp3) is 0.500.